The Bertz CT molecular complexity index is 4010. The zero-order valence-corrected chi connectivity index (χ0v) is 53.2. The second kappa shape index (κ2) is 27.7. The Morgan fingerprint density at radius 2 is 0.968 bits per heavy atom. The largest absolute Gasteiger partial charge is 0.494 e. The standard InChI is InChI=1S/C38H38F4N10O2.C29H40BN5O3.CH4/c1-3-29(4-2)52-36(53)51(25-45-52)32-13-11-31(12-14-32)49-19-17-48(18-20-49)30-9-5-26(6-10-30)27-7-16-35(43-22-27)38(41,42)37(54,23-50-24-44-46-47-50)33-15-8-28(39)21-34(33)40;1-7-23(8-2)35-27(36)34(21-31-35)26-15-13-25(14-16-26)33-19-17-32(18-20-33)24-11-9-22(10-12-24)30-37-28(3,4)29(5,6)38-30;/h5-16,21-22,24-25,29,54H,3-4,17-20,23H2,1-2H3;9-16,21,23H,7-8,17-20H2,1-6H3;1H4/t37-;;/m0../s1. The maximum Gasteiger partial charge on any atom is 0.494 e. The van der Waals surface area contributed by atoms with Crippen molar-refractivity contribution in [2.75, 3.05) is 72.0 Å². The van der Waals surface area contributed by atoms with Gasteiger partial charge in [0.25, 0.3) is 0 Å². The highest BCUT2D eigenvalue weighted by Gasteiger charge is 2.58. The molecule has 20 nitrogen and oxygen atoms in total. The van der Waals surface area contributed by atoms with Crippen molar-refractivity contribution in [3.8, 4) is 22.5 Å². The van der Waals surface area contributed by atoms with E-state index in [9.17, 15) is 23.5 Å². The molecule has 0 unspecified atom stereocenters. The molecular weight excluding hydrogens is 1190 g/mol. The quantitative estimate of drug-likeness (QED) is 0.0594. The molecule has 0 saturated carbocycles. The molecular formula is C68H82BF4N15O5. The number of alkyl halides is 2. The van der Waals surface area contributed by atoms with Crippen LogP contribution in [0.2, 0.25) is 0 Å². The van der Waals surface area contributed by atoms with Gasteiger partial charge in [0.2, 0.25) is 0 Å². The zero-order valence-electron chi connectivity index (χ0n) is 53.2. The predicted molar refractivity (Wildman–Crippen MR) is 354 cm³/mol. The van der Waals surface area contributed by atoms with Crippen molar-refractivity contribution in [3.63, 3.8) is 0 Å². The molecule has 12 rings (SSSR count). The van der Waals surface area contributed by atoms with Crippen molar-refractivity contribution in [1.82, 2.24) is 53.9 Å². The normalized spacial score (nSPS) is 16.4. The molecule has 1 N–H and O–H groups in total. The first kappa shape index (κ1) is 67.0. The SMILES string of the molecule is C.CCC(CC)n1ncn(-c2ccc(N3CCN(c4ccc(-c5ccc(C(F)(F)[C@](O)(Cn6cnnn6)c6ccc(F)cc6F)nc5)cc4)CC3)cc2)c1=O.CCC(CC)n1ncn(-c2ccc(N3CCN(c4ccc(B5OC(C)(C)C(C)(C)O5)cc4)CC3)cc2)c1=O. The summed E-state index contributed by atoms with van der Waals surface area (Å²) in [7, 11) is -0.334. The first-order valence-corrected chi connectivity index (χ1v) is 31.5. The lowest BCUT2D eigenvalue weighted by Gasteiger charge is -2.37. The third kappa shape index (κ3) is 13.6. The van der Waals surface area contributed by atoms with Gasteiger partial charge in [0.05, 0.1) is 41.2 Å². The molecule has 4 aromatic heterocycles. The predicted octanol–water partition coefficient (Wildman–Crippen LogP) is 10.4. The van der Waals surface area contributed by atoms with Crippen LogP contribution in [-0.2, 0) is 27.4 Å². The second-order valence-corrected chi connectivity index (χ2v) is 24.6. The first-order chi connectivity index (χ1) is 44.1. The van der Waals surface area contributed by atoms with E-state index in [0.29, 0.717) is 11.6 Å². The van der Waals surface area contributed by atoms with Crippen molar-refractivity contribution in [1.29, 1.82) is 0 Å². The number of tetrazole rings is 1. The van der Waals surface area contributed by atoms with Crippen molar-refractivity contribution >= 4 is 35.3 Å². The van der Waals surface area contributed by atoms with Crippen LogP contribution in [0.1, 0.15) is 112 Å². The molecule has 9 aromatic rings. The van der Waals surface area contributed by atoms with Gasteiger partial charge in [-0.1, -0.05) is 65.5 Å². The average Bonchev–Trinajstić information content (AvgIpc) is 1.46. The summed E-state index contributed by atoms with van der Waals surface area (Å²) in [6.07, 6.45) is 8.92. The number of halogens is 4. The lowest BCUT2D eigenvalue weighted by atomic mass is 9.79. The molecule has 490 valence electrons. The van der Waals surface area contributed by atoms with Gasteiger partial charge < -0.3 is 34.0 Å². The Balaban J connectivity index is 0.000000213. The molecule has 0 radical (unpaired) electrons. The molecule has 0 spiro atoms. The third-order valence-electron chi connectivity index (χ3n) is 18.6. The van der Waals surface area contributed by atoms with Crippen LogP contribution < -0.4 is 36.4 Å². The van der Waals surface area contributed by atoms with Crippen LogP contribution in [0.4, 0.5) is 40.3 Å². The summed E-state index contributed by atoms with van der Waals surface area (Å²) in [6.45, 7) is 22.5. The van der Waals surface area contributed by atoms with Gasteiger partial charge in [-0.15, -0.1) is 5.10 Å². The van der Waals surface area contributed by atoms with E-state index in [-0.39, 0.29) is 49.2 Å². The first-order valence-electron chi connectivity index (χ1n) is 31.5. The summed E-state index contributed by atoms with van der Waals surface area (Å²) in [5, 5.41) is 30.5. The monoisotopic (exact) mass is 1280 g/mol. The third-order valence-corrected chi connectivity index (χ3v) is 18.6. The number of hydrogen-bond donors (Lipinski definition) is 1. The number of piperazine rings is 2. The smallest absolute Gasteiger partial charge is 0.399 e. The number of benzene rings is 5. The molecule has 5 aromatic carbocycles. The second-order valence-electron chi connectivity index (χ2n) is 24.6. The molecule has 0 aliphatic carbocycles. The molecule has 1 atom stereocenters. The molecule has 93 heavy (non-hydrogen) atoms. The van der Waals surface area contributed by atoms with Gasteiger partial charge in [-0.05, 0) is 166 Å². The Hall–Kier alpha value is -8.94. The fourth-order valence-electron chi connectivity index (χ4n) is 12.2. The van der Waals surface area contributed by atoms with Crippen LogP contribution in [0.3, 0.4) is 0 Å². The summed E-state index contributed by atoms with van der Waals surface area (Å²) in [6, 6.07) is 37.1. The van der Waals surface area contributed by atoms with Gasteiger partial charge in [-0.2, -0.15) is 19.0 Å². The zero-order chi connectivity index (χ0) is 65.1. The van der Waals surface area contributed by atoms with E-state index < -0.39 is 41.0 Å². The molecule has 3 saturated heterocycles. The van der Waals surface area contributed by atoms with Gasteiger partial charge >= 0.3 is 24.4 Å². The van der Waals surface area contributed by atoms with Crippen LogP contribution in [-0.4, -0.2) is 130 Å². The molecule has 0 bridgehead atoms. The Labute approximate surface area is 539 Å². The Kier molecular flexibility index (Phi) is 20.0. The molecule has 0 amide bonds. The summed E-state index contributed by atoms with van der Waals surface area (Å²) in [5.41, 5.74) is 2.63. The summed E-state index contributed by atoms with van der Waals surface area (Å²) in [4.78, 5) is 39.2. The van der Waals surface area contributed by atoms with Crippen LogP contribution >= 0.6 is 0 Å². The van der Waals surface area contributed by atoms with E-state index in [1.54, 1.807) is 31.2 Å². The van der Waals surface area contributed by atoms with Gasteiger partial charge in [-0.25, -0.2) is 41.5 Å². The fraction of sp³-hybridized carbons (Fsp3) is 0.412. The number of aromatic nitrogens is 11. The summed E-state index contributed by atoms with van der Waals surface area (Å²) >= 11 is 0. The number of hydrogen-bond acceptors (Lipinski definition) is 15. The highest BCUT2D eigenvalue weighted by atomic mass is 19.3. The van der Waals surface area contributed by atoms with E-state index >= 15 is 8.78 Å². The highest BCUT2D eigenvalue weighted by molar-refractivity contribution is 6.62. The minimum atomic E-state index is -4.15. The van der Waals surface area contributed by atoms with Crippen molar-refractivity contribution < 1.29 is 32.0 Å². The van der Waals surface area contributed by atoms with E-state index in [4.69, 9.17) is 9.31 Å². The van der Waals surface area contributed by atoms with Crippen LogP contribution in [0.5, 0.6) is 0 Å². The summed E-state index contributed by atoms with van der Waals surface area (Å²) < 4.78 is 80.4. The number of pyridine rings is 1. The molecule has 3 aliphatic rings. The van der Waals surface area contributed by atoms with Crippen molar-refractivity contribution in [2.24, 2.45) is 0 Å². The number of rotatable bonds is 19. The fourth-order valence-corrected chi connectivity index (χ4v) is 12.2. The minimum Gasteiger partial charge on any atom is -0.399 e. The molecule has 25 heteroatoms. The minimum absolute atomic E-state index is 0. The molecule has 7 heterocycles. The number of nitrogens with zero attached hydrogens (tertiary/aromatic N) is 15. The number of aliphatic hydroxyl groups is 1. The Morgan fingerprint density at radius 1 is 0.559 bits per heavy atom. The maximum atomic E-state index is 16.2. The van der Waals surface area contributed by atoms with Gasteiger partial charge in [0.1, 0.15) is 36.3 Å². The van der Waals surface area contributed by atoms with E-state index in [2.05, 4.69) is 128 Å². The van der Waals surface area contributed by atoms with Crippen molar-refractivity contribution in [2.45, 2.75) is 130 Å². The lowest BCUT2D eigenvalue weighted by Crippen LogP contribution is -2.48. The maximum absolute atomic E-state index is 16.2. The molecule has 3 fully saturated rings. The van der Waals surface area contributed by atoms with E-state index in [1.165, 1.54) is 23.6 Å². The van der Waals surface area contributed by atoms with Crippen LogP contribution in [0.15, 0.2) is 162 Å². The van der Waals surface area contributed by atoms with Gasteiger partial charge in [0, 0.05) is 98.5 Å². The van der Waals surface area contributed by atoms with E-state index in [1.807, 2.05) is 74.5 Å². The van der Waals surface area contributed by atoms with E-state index in [0.717, 1.165) is 141 Å². The van der Waals surface area contributed by atoms with Gasteiger partial charge in [-0.3, -0.25) is 4.98 Å². The number of anilines is 4. The molecule has 3 aliphatic heterocycles. The topological polar surface area (TPSA) is 188 Å². The lowest BCUT2D eigenvalue weighted by molar-refractivity contribution is -0.207. The van der Waals surface area contributed by atoms with Crippen LogP contribution in [0, 0.1) is 11.6 Å². The average molecular weight is 1280 g/mol. The van der Waals surface area contributed by atoms with Crippen LogP contribution in [0.25, 0.3) is 22.5 Å². The Morgan fingerprint density at radius 3 is 1.35 bits per heavy atom. The summed E-state index contributed by atoms with van der Waals surface area (Å²) in [5.74, 6) is -6.49. The highest BCUT2D eigenvalue weighted by Crippen LogP contribution is 2.47. The van der Waals surface area contributed by atoms with Gasteiger partial charge in [0.15, 0.2) is 5.60 Å². The van der Waals surface area contributed by atoms with Crippen molar-refractivity contribution in [3.05, 3.63) is 196 Å².